The topological polar surface area (TPSA) is 64.4 Å². The van der Waals surface area contributed by atoms with Gasteiger partial charge in [-0.3, -0.25) is 4.79 Å². The van der Waals surface area contributed by atoms with Crippen molar-refractivity contribution in [2.24, 2.45) is 0 Å². The molecule has 0 aliphatic carbocycles. The van der Waals surface area contributed by atoms with Gasteiger partial charge in [-0.1, -0.05) is 29.8 Å². The van der Waals surface area contributed by atoms with E-state index in [0.717, 1.165) is 5.56 Å². The van der Waals surface area contributed by atoms with E-state index in [4.69, 9.17) is 4.74 Å². The van der Waals surface area contributed by atoms with Crippen molar-refractivity contribution in [1.29, 1.82) is 0 Å². The number of ether oxygens (including phenoxy) is 1. The van der Waals surface area contributed by atoms with Crippen molar-refractivity contribution in [3.05, 3.63) is 42.2 Å². The molecule has 100 valence electrons. The summed E-state index contributed by atoms with van der Waals surface area (Å²) < 4.78 is 10.3. The van der Waals surface area contributed by atoms with Gasteiger partial charge >= 0.3 is 0 Å². The zero-order valence-corrected chi connectivity index (χ0v) is 10.9. The Morgan fingerprint density at radius 1 is 1.37 bits per heavy atom. The van der Waals surface area contributed by atoms with Crippen LogP contribution in [0.15, 0.2) is 41.1 Å². The van der Waals surface area contributed by atoms with Crippen LogP contribution in [-0.4, -0.2) is 17.2 Å². The average molecular weight is 260 g/mol. The molecule has 0 saturated heterocycles. The van der Waals surface area contributed by atoms with Crippen LogP contribution in [-0.2, 0) is 4.79 Å². The summed E-state index contributed by atoms with van der Waals surface area (Å²) >= 11 is 0. The molecule has 2 rings (SSSR count). The molecule has 1 amide bonds. The Hall–Kier alpha value is -2.30. The smallest absolute Gasteiger partial charge is 0.266 e. The van der Waals surface area contributed by atoms with Gasteiger partial charge in [0.15, 0.2) is 11.9 Å². The molecule has 1 atom stereocenters. The highest BCUT2D eigenvalue weighted by atomic mass is 16.5. The molecule has 1 N–H and O–H groups in total. The highest BCUT2D eigenvalue weighted by Gasteiger charge is 2.19. The van der Waals surface area contributed by atoms with E-state index in [0.29, 0.717) is 18.0 Å². The third kappa shape index (κ3) is 3.58. The minimum atomic E-state index is -0.556. The number of amides is 1. The van der Waals surface area contributed by atoms with Gasteiger partial charge in [0.1, 0.15) is 12.0 Å². The summed E-state index contributed by atoms with van der Waals surface area (Å²) in [5.74, 6) is 0.820. The number of aryl methyl sites for hydroxylation is 1. The van der Waals surface area contributed by atoms with Crippen LogP contribution in [0.4, 0.5) is 5.82 Å². The molecule has 2 aromatic rings. The first-order valence-electron chi connectivity index (χ1n) is 6.13. The molecule has 5 nitrogen and oxygen atoms in total. The molecule has 0 fully saturated rings. The SMILES string of the molecule is CC[C@H](Oc1ccc(C)cc1)C(=O)Nc1ccon1. The predicted octanol–water partition coefficient (Wildman–Crippen LogP) is 2.78. The van der Waals surface area contributed by atoms with Crippen molar-refractivity contribution >= 4 is 11.7 Å². The lowest BCUT2D eigenvalue weighted by Crippen LogP contribution is -2.32. The minimum Gasteiger partial charge on any atom is -0.481 e. The molecule has 0 aliphatic heterocycles. The Morgan fingerprint density at radius 2 is 2.11 bits per heavy atom. The molecule has 0 saturated carbocycles. The Labute approximate surface area is 111 Å². The molecular formula is C14H16N2O3. The fourth-order valence-electron chi connectivity index (χ4n) is 1.59. The summed E-state index contributed by atoms with van der Waals surface area (Å²) in [4.78, 5) is 12.0. The van der Waals surface area contributed by atoms with Crippen LogP contribution < -0.4 is 10.1 Å². The Bertz CT molecular complexity index is 520. The van der Waals surface area contributed by atoms with E-state index in [1.54, 1.807) is 6.07 Å². The molecule has 0 unspecified atom stereocenters. The summed E-state index contributed by atoms with van der Waals surface area (Å²) in [6, 6.07) is 9.16. The number of hydrogen-bond acceptors (Lipinski definition) is 4. The van der Waals surface area contributed by atoms with E-state index in [9.17, 15) is 4.79 Å². The largest absolute Gasteiger partial charge is 0.481 e. The number of aromatic nitrogens is 1. The Kier molecular flexibility index (Phi) is 4.18. The van der Waals surface area contributed by atoms with Gasteiger partial charge in [-0.25, -0.2) is 0 Å². The zero-order valence-electron chi connectivity index (χ0n) is 10.9. The number of carbonyl (C=O) groups is 1. The van der Waals surface area contributed by atoms with Crippen LogP contribution in [0.2, 0.25) is 0 Å². The summed E-state index contributed by atoms with van der Waals surface area (Å²) in [6.07, 6.45) is 1.41. The first-order chi connectivity index (χ1) is 9.19. The van der Waals surface area contributed by atoms with Gasteiger partial charge in [-0.2, -0.15) is 0 Å². The van der Waals surface area contributed by atoms with Gasteiger partial charge < -0.3 is 14.6 Å². The number of anilines is 1. The first kappa shape index (κ1) is 13.1. The van der Waals surface area contributed by atoms with E-state index >= 15 is 0 Å². The number of hydrogen-bond donors (Lipinski definition) is 1. The van der Waals surface area contributed by atoms with Crippen LogP contribution in [0.1, 0.15) is 18.9 Å². The molecule has 19 heavy (non-hydrogen) atoms. The average Bonchev–Trinajstić information content (AvgIpc) is 2.90. The maximum absolute atomic E-state index is 12.0. The third-order valence-electron chi connectivity index (χ3n) is 2.65. The Morgan fingerprint density at radius 3 is 2.68 bits per heavy atom. The molecule has 0 bridgehead atoms. The molecule has 0 radical (unpaired) electrons. The highest BCUT2D eigenvalue weighted by molar-refractivity contribution is 5.93. The van der Waals surface area contributed by atoms with E-state index in [2.05, 4.69) is 15.0 Å². The fourth-order valence-corrected chi connectivity index (χ4v) is 1.59. The maximum Gasteiger partial charge on any atom is 0.266 e. The number of rotatable bonds is 5. The second-order valence-corrected chi connectivity index (χ2v) is 4.20. The summed E-state index contributed by atoms with van der Waals surface area (Å²) in [6.45, 7) is 3.89. The van der Waals surface area contributed by atoms with Crippen LogP contribution in [0.25, 0.3) is 0 Å². The lowest BCUT2D eigenvalue weighted by atomic mass is 10.2. The van der Waals surface area contributed by atoms with Crippen LogP contribution >= 0.6 is 0 Å². The molecule has 0 aliphatic rings. The van der Waals surface area contributed by atoms with E-state index in [1.807, 2.05) is 38.1 Å². The standard InChI is InChI=1S/C14H16N2O3/c1-3-12(14(17)15-13-8-9-18-16-13)19-11-6-4-10(2)5-7-11/h4-9,12H,3H2,1-2H3,(H,15,16,17)/t12-/m0/s1. The van der Waals surface area contributed by atoms with Crippen molar-refractivity contribution in [2.75, 3.05) is 5.32 Å². The quantitative estimate of drug-likeness (QED) is 0.897. The summed E-state index contributed by atoms with van der Waals surface area (Å²) in [5, 5.41) is 6.26. The number of carbonyl (C=O) groups excluding carboxylic acids is 1. The van der Waals surface area contributed by atoms with Crippen LogP contribution in [0.3, 0.4) is 0 Å². The lowest BCUT2D eigenvalue weighted by molar-refractivity contribution is -0.122. The van der Waals surface area contributed by atoms with Gasteiger partial charge in [-0.15, -0.1) is 0 Å². The van der Waals surface area contributed by atoms with Gasteiger partial charge in [-0.05, 0) is 25.5 Å². The van der Waals surface area contributed by atoms with Crippen molar-refractivity contribution in [2.45, 2.75) is 26.4 Å². The number of nitrogens with one attached hydrogen (secondary N) is 1. The minimum absolute atomic E-state index is 0.239. The fraction of sp³-hybridized carbons (Fsp3) is 0.286. The molecular weight excluding hydrogens is 244 g/mol. The molecule has 1 heterocycles. The third-order valence-corrected chi connectivity index (χ3v) is 2.65. The molecule has 1 aromatic carbocycles. The maximum atomic E-state index is 12.0. The summed E-state index contributed by atoms with van der Waals surface area (Å²) in [5.41, 5.74) is 1.15. The van der Waals surface area contributed by atoms with E-state index < -0.39 is 6.10 Å². The van der Waals surface area contributed by atoms with E-state index in [-0.39, 0.29) is 5.91 Å². The number of nitrogens with zero attached hydrogens (tertiary/aromatic N) is 1. The van der Waals surface area contributed by atoms with Crippen molar-refractivity contribution in [3.63, 3.8) is 0 Å². The monoisotopic (exact) mass is 260 g/mol. The molecule has 5 heteroatoms. The summed E-state index contributed by atoms with van der Waals surface area (Å²) in [7, 11) is 0. The van der Waals surface area contributed by atoms with Gasteiger partial charge in [0.2, 0.25) is 0 Å². The number of benzene rings is 1. The van der Waals surface area contributed by atoms with Crippen molar-refractivity contribution in [3.8, 4) is 5.75 Å². The zero-order chi connectivity index (χ0) is 13.7. The van der Waals surface area contributed by atoms with Gasteiger partial charge in [0.25, 0.3) is 5.91 Å². The van der Waals surface area contributed by atoms with Gasteiger partial charge in [0.05, 0.1) is 0 Å². The van der Waals surface area contributed by atoms with Crippen molar-refractivity contribution in [1.82, 2.24) is 5.16 Å². The normalized spacial score (nSPS) is 11.9. The molecule has 0 spiro atoms. The van der Waals surface area contributed by atoms with Crippen LogP contribution in [0.5, 0.6) is 5.75 Å². The second-order valence-electron chi connectivity index (χ2n) is 4.20. The first-order valence-corrected chi connectivity index (χ1v) is 6.13. The molecule has 1 aromatic heterocycles. The second kappa shape index (κ2) is 6.04. The predicted molar refractivity (Wildman–Crippen MR) is 71.0 cm³/mol. The lowest BCUT2D eigenvalue weighted by Gasteiger charge is -2.16. The highest BCUT2D eigenvalue weighted by Crippen LogP contribution is 2.15. The van der Waals surface area contributed by atoms with Crippen LogP contribution in [0, 0.1) is 6.92 Å². The Balaban J connectivity index is 1.99. The van der Waals surface area contributed by atoms with E-state index in [1.165, 1.54) is 6.26 Å². The van der Waals surface area contributed by atoms with Gasteiger partial charge in [0, 0.05) is 6.07 Å². The van der Waals surface area contributed by atoms with Crippen molar-refractivity contribution < 1.29 is 14.1 Å².